The van der Waals surface area contributed by atoms with E-state index >= 15 is 0 Å². The van der Waals surface area contributed by atoms with Crippen molar-refractivity contribution in [2.45, 2.75) is 58.6 Å². The molecule has 0 aromatic heterocycles. The van der Waals surface area contributed by atoms with Gasteiger partial charge in [0.25, 0.3) is 5.91 Å². The van der Waals surface area contributed by atoms with Crippen LogP contribution in [0.2, 0.25) is 0 Å². The van der Waals surface area contributed by atoms with Gasteiger partial charge in [-0.05, 0) is 34.1 Å². The molecule has 1 aliphatic rings. The first kappa shape index (κ1) is 13.9. The molecule has 4 heteroatoms. The molecule has 1 saturated heterocycles. The summed E-state index contributed by atoms with van der Waals surface area (Å²) in [4.78, 5) is 2.18. The summed E-state index contributed by atoms with van der Waals surface area (Å²) in [5, 5.41) is 8.99. The maximum absolute atomic E-state index is 8.99. The number of aliphatic hydroxyl groups is 1. The molecule has 16 heavy (non-hydrogen) atoms. The van der Waals surface area contributed by atoms with Gasteiger partial charge in [-0.3, -0.25) is 0 Å². The predicted octanol–water partition coefficient (Wildman–Crippen LogP) is 1.58. The Bertz CT molecular complexity index is 221. The van der Waals surface area contributed by atoms with Gasteiger partial charge in [-0.25, -0.2) is 4.90 Å². The highest BCUT2D eigenvalue weighted by atomic mass is 16.8. The van der Waals surface area contributed by atoms with E-state index < -0.39 is 5.91 Å². The number of epoxide rings is 1. The van der Waals surface area contributed by atoms with E-state index in [2.05, 4.69) is 18.7 Å². The third-order valence-electron chi connectivity index (χ3n) is 2.71. The van der Waals surface area contributed by atoms with Gasteiger partial charge < -0.3 is 14.6 Å². The summed E-state index contributed by atoms with van der Waals surface area (Å²) >= 11 is 0. The van der Waals surface area contributed by atoms with E-state index in [1.807, 2.05) is 20.8 Å². The summed E-state index contributed by atoms with van der Waals surface area (Å²) in [7, 11) is 0. The largest absolute Gasteiger partial charge is 0.396 e. The second kappa shape index (κ2) is 5.00. The standard InChI is InChI=1S/C12H25NO3/c1-6-13(10(2)7-8-14)12(9-15-12)16-11(3,4)5/h10,14H,6-9H2,1-5H3. The van der Waals surface area contributed by atoms with Crippen LogP contribution in [0.1, 0.15) is 41.0 Å². The monoisotopic (exact) mass is 231 g/mol. The van der Waals surface area contributed by atoms with Crippen LogP contribution in [0.3, 0.4) is 0 Å². The van der Waals surface area contributed by atoms with Crippen molar-refractivity contribution in [1.29, 1.82) is 0 Å². The fourth-order valence-corrected chi connectivity index (χ4v) is 2.05. The molecule has 0 aliphatic carbocycles. The average Bonchev–Trinajstić information content (AvgIpc) is 2.83. The maximum Gasteiger partial charge on any atom is 0.255 e. The highest BCUT2D eigenvalue weighted by molar-refractivity contribution is 4.88. The number of rotatable bonds is 6. The third-order valence-corrected chi connectivity index (χ3v) is 2.71. The zero-order valence-corrected chi connectivity index (χ0v) is 11.1. The molecular formula is C12H25NO3. The molecule has 1 heterocycles. The van der Waals surface area contributed by atoms with Crippen molar-refractivity contribution in [2.75, 3.05) is 19.8 Å². The maximum atomic E-state index is 8.99. The zero-order valence-electron chi connectivity index (χ0n) is 11.1. The van der Waals surface area contributed by atoms with Crippen molar-refractivity contribution in [3.05, 3.63) is 0 Å². The molecule has 0 bridgehead atoms. The van der Waals surface area contributed by atoms with Crippen LogP contribution < -0.4 is 0 Å². The highest BCUT2D eigenvalue weighted by Gasteiger charge is 2.55. The summed E-state index contributed by atoms with van der Waals surface area (Å²) in [5.41, 5.74) is -0.219. The minimum atomic E-state index is -0.554. The Morgan fingerprint density at radius 2 is 2.06 bits per heavy atom. The van der Waals surface area contributed by atoms with E-state index in [9.17, 15) is 0 Å². The first-order chi connectivity index (χ1) is 7.34. The minimum Gasteiger partial charge on any atom is -0.396 e. The fourth-order valence-electron chi connectivity index (χ4n) is 2.05. The molecule has 0 aromatic carbocycles. The van der Waals surface area contributed by atoms with Crippen LogP contribution in [0, 0.1) is 0 Å². The van der Waals surface area contributed by atoms with Gasteiger partial charge in [-0.2, -0.15) is 0 Å². The van der Waals surface area contributed by atoms with E-state index in [1.54, 1.807) is 0 Å². The van der Waals surface area contributed by atoms with Crippen LogP contribution in [0.4, 0.5) is 0 Å². The molecule has 2 atom stereocenters. The molecule has 1 rings (SSSR count). The van der Waals surface area contributed by atoms with Crippen LogP contribution in [0.25, 0.3) is 0 Å². The Balaban J connectivity index is 2.65. The molecule has 0 radical (unpaired) electrons. The van der Waals surface area contributed by atoms with Gasteiger partial charge in [0.1, 0.15) is 6.61 Å². The van der Waals surface area contributed by atoms with Crippen LogP contribution in [0.15, 0.2) is 0 Å². The van der Waals surface area contributed by atoms with Gasteiger partial charge in [0.05, 0.1) is 5.60 Å². The molecule has 2 unspecified atom stereocenters. The number of ether oxygens (including phenoxy) is 2. The SMILES string of the molecule is CCN(C(C)CCO)C1(OC(C)(C)C)CO1. The quantitative estimate of drug-likeness (QED) is 0.557. The summed E-state index contributed by atoms with van der Waals surface area (Å²) in [6.07, 6.45) is 0.743. The fraction of sp³-hybridized carbons (Fsp3) is 1.00. The van der Waals surface area contributed by atoms with Crippen LogP contribution >= 0.6 is 0 Å². The number of hydrogen-bond donors (Lipinski definition) is 1. The van der Waals surface area contributed by atoms with E-state index in [0.29, 0.717) is 6.61 Å². The summed E-state index contributed by atoms with van der Waals surface area (Å²) in [6, 6.07) is 0.264. The molecular weight excluding hydrogens is 206 g/mol. The van der Waals surface area contributed by atoms with Crippen molar-refractivity contribution < 1.29 is 14.6 Å². The van der Waals surface area contributed by atoms with Gasteiger partial charge in [0, 0.05) is 19.2 Å². The first-order valence-corrected chi connectivity index (χ1v) is 6.06. The van der Waals surface area contributed by atoms with Gasteiger partial charge in [0.2, 0.25) is 0 Å². The van der Waals surface area contributed by atoms with Crippen molar-refractivity contribution >= 4 is 0 Å². The first-order valence-electron chi connectivity index (χ1n) is 6.06. The lowest BCUT2D eigenvalue weighted by Gasteiger charge is -2.36. The van der Waals surface area contributed by atoms with Gasteiger partial charge >= 0.3 is 0 Å². The van der Waals surface area contributed by atoms with E-state index in [4.69, 9.17) is 14.6 Å². The molecule has 0 amide bonds. The molecule has 1 fully saturated rings. The lowest BCUT2D eigenvalue weighted by atomic mass is 10.1. The minimum absolute atomic E-state index is 0.198. The zero-order chi connectivity index (χ0) is 12.4. The average molecular weight is 231 g/mol. The van der Waals surface area contributed by atoms with Crippen molar-refractivity contribution in [3.8, 4) is 0 Å². The molecule has 96 valence electrons. The second-order valence-corrected chi connectivity index (χ2v) is 5.36. The lowest BCUT2D eigenvalue weighted by Crippen LogP contribution is -2.49. The summed E-state index contributed by atoms with van der Waals surface area (Å²) in [6.45, 7) is 11.9. The molecule has 0 aromatic rings. The summed E-state index contributed by atoms with van der Waals surface area (Å²) < 4.78 is 11.5. The number of nitrogens with zero attached hydrogens (tertiary/aromatic N) is 1. The molecule has 0 spiro atoms. The van der Waals surface area contributed by atoms with Crippen molar-refractivity contribution in [2.24, 2.45) is 0 Å². The van der Waals surface area contributed by atoms with Crippen LogP contribution in [0.5, 0.6) is 0 Å². The van der Waals surface area contributed by atoms with E-state index in [0.717, 1.165) is 13.0 Å². The molecule has 1 N–H and O–H groups in total. The van der Waals surface area contributed by atoms with Crippen molar-refractivity contribution in [1.82, 2.24) is 4.90 Å². The van der Waals surface area contributed by atoms with Gasteiger partial charge in [-0.15, -0.1) is 0 Å². The molecule has 0 saturated carbocycles. The lowest BCUT2D eigenvalue weighted by molar-refractivity contribution is -0.214. The van der Waals surface area contributed by atoms with Gasteiger partial charge in [-0.1, -0.05) is 6.92 Å². The Morgan fingerprint density at radius 1 is 1.50 bits per heavy atom. The topological polar surface area (TPSA) is 45.2 Å². The third kappa shape index (κ3) is 3.42. The number of aliphatic hydroxyl groups excluding tert-OH is 1. The predicted molar refractivity (Wildman–Crippen MR) is 63.1 cm³/mol. The van der Waals surface area contributed by atoms with Crippen molar-refractivity contribution in [3.63, 3.8) is 0 Å². The van der Waals surface area contributed by atoms with Crippen LogP contribution in [-0.4, -0.2) is 47.3 Å². The number of likely N-dealkylation sites (N-methyl/N-ethyl adjacent to an activating group) is 1. The van der Waals surface area contributed by atoms with Gasteiger partial charge in [0.15, 0.2) is 0 Å². The van der Waals surface area contributed by atoms with E-state index in [1.165, 1.54) is 0 Å². The highest BCUT2D eigenvalue weighted by Crippen LogP contribution is 2.38. The smallest absolute Gasteiger partial charge is 0.255 e. The molecule has 1 aliphatic heterocycles. The van der Waals surface area contributed by atoms with Crippen LogP contribution in [-0.2, 0) is 9.47 Å². The Morgan fingerprint density at radius 3 is 2.38 bits per heavy atom. The second-order valence-electron chi connectivity index (χ2n) is 5.36. The number of hydrogen-bond acceptors (Lipinski definition) is 4. The summed E-state index contributed by atoms with van der Waals surface area (Å²) in [5.74, 6) is -0.554. The normalized spacial score (nSPS) is 27.2. The Kier molecular flexibility index (Phi) is 4.35. The Hall–Kier alpha value is -0.160. The molecule has 4 nitrogen and oxygen atoms in total. The Labute approximate surface area is 98.5 Å². The van der Waals surface area contributed by atoms with E-state index in [-0.39, 0.29) is 18.2 Å².